The molecule has 0 heterocycles. The van der Waals surface area contributed by atoms with Gasteiger partial charge >= 0.3 is 5.97 Å². The maximum Gasteiger partial charge on any atom is 0.338 e. The van der Waals surface area contributed by atoms with E-state index in [4.69, 9.17) is 4.74 Å². The Bertz CT molecular complexity index is 471. The largest absolute Gasteiger partial charge is 0.459 e. The van der Waals surface area contributed by atoms with Gasteiger partial charge in [0.25, 0.3) is 0 Å². The molecular formula is C13H11Br2FO2. The van der Waals surface area contributed by atoms with Gasteiger partial charge in [0, 0.05) is 5.92 Å². The maximum atomic E-state index is 14.0. The minimum atomic E-state index is -1.42. The second-order valence-corrected chi connectivity index (χ2v) is 7.02. The molecule has 2 rings (SSSR count). The number of carbonyl (C=O) groups is 1. The predicted octanol–water partition coefficient (Wildman–Crippen LogP) is 4.20. The molecule has 0 aromatic heterocycles. The molecule has 0 unspecified atom stereocenters. The number of hydrogen-bond acceptors (Lipinski definition) is 2. The number of esters is 1. The zero-order valence-corrected chi connectivity index (χ0v) is 12.6. The Morgan fingerprint density at radius 3 is 2.72 bits per heavy atom. The van der Waals surface area contributed by atoms with Crippen molar-refractivity contribution in [3.05, 3.63) is 45.4 Å². The second kappa shape index (κ2) is 5.53. The second-order valence-electron chi connectivity index (χ2n) is 4.24. The lowest BCUT2D eigenvalue weighted by Crippen LogP contribution is -2.17. The number of carbonyl (C=O) groups excluding carboxylic acids is 1. The van der Waals surface area contributed by atoms with Gasteiger partial charge < -0.3 is 4.74 Å². The standard InChI is InChI=1S/C13H11Br2FO2/c14-11(15)6-10-7-13(10,16)8-18-12(17)9-4-2-1-3-5-9/h1-6,10H,7-8H2/t10-,13-/m0/s1. The third-order valence-electron chi connectivity index (χ3n) is 2.84. The SMILES string of the molecule is O=C(OC[C@@]1(F)C[C@@H]1C=C(Br)Br)c1ccccc1. The zero-order valence-electron chi connectivity index (χ0n) is 9.41. The van der Waals surface area contributed by atoms with Crippen molar-refractivity contribution in [1.82, 2.24) is 0 Å². The normalized spacial score (nSPS) is 25.4. The van der Waals surface area contributed by atoms with Gasteiger partial charge in [0.05, 0.1) is 8.96 Å². The maximum absolute atomic E-state index is 14.0. The molecule has 0 amide bonds. The Morgan fingerprint density at radius 1 is 1.44 bits per heavy atom. The smallest absolute Gasteiger partial charge is 0.338 e. The lowest BCUT2D eigenvalue weighted by molar-refractivity contribution is 0.0354. The predicted molar refractivity (Wildman–Crippen MR) is 74.6 cm³/mol. The number of alkyl halides is 1. The van der Waals surface area contributed by atoms with Crippen molar-refractivity contribution in [2.75, 3.05) is 6.61 Å². The summed E-state index contributed by atoms with van der Waals surface area (Å²) in [6, 6.07) is 8.58. The highest BCUT2D eigenvalue weighted by atomic mass is 79.9. The molecule has 1 aliphatic carbocycles. The van der Waals surface area contributed by atoms with Crippen molar-refractivity contribution < 1.29 is 13.9 Å². The van der Waals surface area contributed by atoms with Crippen LogP contribution >= 0.6 is 31.9 Å². The van der Waals surface area contributed by atoms with Gasteiger partial charge in [-0.1, -0.05) is 24.3 Å². The molecule has 0 N–H and O–H groups in total. The highest BCUT2D eigenvalue weighted by molar-refractivity contribution is 9.28. The first-order valence-electron chi connectivity index (χ1n) is 5.45. The van der Waals surface area contributed by atoms with Crippen LogP contribution in [0.4, 0.5) is 4.39 Å². The Balaban J connectivity index is 1.87. The van der Waals surface area contributed by atoms with Gasteiger partial charge in [-0.2, -0.15) is 0 Å². The topological polar surface area (TPSA) is 26.3 Å². The van der Waals surface area contributed by atoms with E-state index in [1.165, 1.54) is 0 Å². The summed E-state index contributed by atoms with van der Waals surface area (Å²) in [5.74, 6) is -0.685. The molecule has 96 valence electrons. The number of hydrogen-bond donors (Lipinski definition) is 0. The van der Waals surface area contributed by atoms with Crippen LogP contribution in [0.2, 0.25) is 0 Å². The van der Waals surface area contributed by atoms with Crippen LogP contribution in [0.3, 0.4) is 0 Å². The monoisotopic (exact) mass is 376 g/mol. The number of rotatable bonds is 4. The minimum Gasteiger partial charge on any atom is -0.459 e. The van der Waals surface area contributed by atoms with Gasteiger partial charge in [0.2, 0.25) is 0 Å². The van der Waals surface area contributed by atoms with Crippen LogP contribution < -0.4 is 0 Å². The van der Waals surface area contributed by atoms with Crippen LogP contribution in [-0.4, -0.2) is 18.2 Å². The molecule has 18 heavy (non-hydrogen) atoms. The van der Waals surface area contributed by atoms with E-state index in [0.29, 0.717) is 15.4 Å². The molecule has 1 saturated carbocycles. The molecule has 0 radical (unpaired) electrons. The van der Waals surface area contributed by atoms with E-state index in [1.54, 1.807) is 30.3 Å². The first kappa shape index (κ1) is 13.7. The summed E-state index contributed by atoms with van der Waals surface area (Å²) in [4.78, 5) is 11.6. The molecule has 2 atom stereocenters. The fraction of sp³-hybridized carbons (Fsp3) is 0.308. The third-order valence-corrected chi connectivity index (χ3v) is 3.37. The molecular weight excluding hydrogens is 367 g/mol. The van der Waals surface area contributed by atoms with Crippen molar-refractivity contribution in [1.29, 1.82) is 0 Å². The summed E-state index contributed by atoms with van der Waals surface area (Å²) < 4.78 is 19.7. The van der Waals surface area contributed by atoms with Crippen LogP contribution in [0.15, 0.2) is 39.8 Å². The highest BCUT2D eigenvalue weighted by Gasteiger charge is 2.55. The first-order valence-corrected chi connectivity index (χ1v) is 7.04. The van der Waals surface area contributed by atoms with E-state index in [2.05, 4.69) is 31.9 Å². The molecule has 0 bridgehead atoms. The summed E-state index contributed by atoms with van der Waals surface area (Å²) in [5, 5.41) is 0. The van der Waals surface area contributed by atoms with E-state index in [1.807, 2.05) is 6.07 Å². The molecule has 2 nitrogen and oxygen atoms in total. The average molecular weight is 378 g/mol. The molecule has 0 aliphatic heterocycles. The Kier molecular flexibility index (Phi) is 4.22. The van der Waals surface area contributed by atoms with Crippen molar-refractivity contribution in [2.24, 2.45) is 5.92 Å². The molecule has 0 saturated heterocycles. The van der Waals surface area contributed by atoms with Gasteiger partial charge in [0.1, 0.15) is 6.61 Å². The summed E-state index contributed by atoms with van der Waals surface area (Å²) in [6.07, 6.45) is 2.12. The van der Waals surface area contributed by atoms with Crippen molar-refractivity contribution in [3.63, 3.8) is 0 Å². The molecule has 1 aliphatic rings. The quantitative estimate of drug-likeness (QED) is 0.735. The van der Waals surface area contributed by atoms with Gasteiger partial charge in [-0.05, 0) is 50.4 Å². The van der Waals surface area contributed by atoms with Crippen LogP contribution in [0.5, 0.6) is 0 Å². The van der Waals surface area contributed by atoms with E-state index >= 15 is 0 Å². The van der Waals surface area contributed by atoms with E-state index in [0.717, 1.165) is 0 Å². The lowest BCUT2D eigenvalue weighted by atomic mass is 10.2. The fourth-order valence-electron chi connectivity index (χ4n) is 1.68. The molecule has 1 fully saturated rings. The number of halogens is 3. The molecule has 1 aromatic rings. The molecule has 0 spiro atoms. The Morgan fingerprint density at radius 2 is 2.11 bits per heavy atom. The van der Waals surface area contributed by atoms with Crippen LogP contribution in [0, 0.1) is 5.92 Å². The number of allylic oxidation sites excluding steroid dienone is 1. The zero-order chi connectivity index (χ0) is 13.2. The third kappa shape index (κ3) is 3.42. The summed E-state index contributed by atoms with van der Waals surface area (Å²) in [5.41, 5.74) is -0.979. The van der Waals surface area contributed by atoms with Gasteiger partial charge in [-0.25, -0.2) is 9.18 Å². The summed E-state index contributed by atoms with van der Waals surface area (Å²) in [7, 11) is 0. The highest BCUT2D eigenvalue weighted by Crippen LogP contribution is 2.49. The van der Waals surface area contributed by atoms with Gasteiger partial charge in [0.15, 0.2) is 5.67 Å². The van der Waals surface area contributed by atoms with E-state index in [9.17, 15) is 9.18 Å². The van der Waals surface area contributed by atoms with Gasteiger partial charge in [-0.15, -0.1) is 0 Å². The molecule has 1 aromatic carbocycles. The van der Waals surface area contributed by atoms with Crippen LogP contribution in [0.1, 0.15) is 16.8 Å². The van der Waals surface area contributed by atoms with E-state index < -0.39 is 11.6 Å². The Labute approximate surface area is 121 Å². The number of ether oxygens (including phenoxy) is 1. The summed E-state index contributed by atoms with van der Waals surface area (Å²) in [6.45, 7) is -0.199. The molecule has 5 heteroatoms. The van der Waals surface area contributed by atoms with Crippen molar-refractivity contribution in [2.45, 2.75) is 12.1 Å². The summed E-state index contributed by atoms with van der Waals surface area (Å²) >= 11 is 6.37. The first-order chi connectivity index (χ1) is 8.51. The average Bonchev–Trinajstić information content (AvgIpc) is 2.97. The van der Waals surface area contributed by atoms with Crippen molar-refractivity contribution >= 4 is 37.8 Å². The number of benzene rings is 1. The Hall–Kier alpha value is -0.680. The minimum absolute atomic E-state index is 0.199. The van der Waals surface area contributed by atoms with Crippen LogP contribution in [0.25, 0.3) is 0 Å². The fourth-order valence-corrected chi connectivity index (χ4v) is 2.31. The van der Waals surface area contributed by atoms with Crippen molar-refractivity contribution in [3.8, 4) is 0 Å². The van der Waals surface area contributed by atoms with Gasteiger partial charge in [-0.3, -0.25) is 0 Å². The van der Waals surface area contributed by atoms with E-state index in [-0.39, 0.29) is 12.5 Å². The lowest BCUT2D eigenvalue weighted by Gasteiger charge is -2.08. The van der Waals surface area contributed by atoms with Crippen LogP contribution in [-0.2, 0) is 4.74 Å².